The summed E-state index contributed by atoms with van der Waals surface area (Å²) < 4.78 is 1.62. The molecule has 1 heterocycles. The molecular weight excluding hydrogens is 328 g/mol. The van der Waals surface area contributed by atoms with Crippen LogP contribution >= 0.6 is 0 Å². The number of aryl methyl sites for hydroxylation is 2. The first-order valence-electron chi connectivity index (χ1n) is 8.38. The lowest BCUT2D eigenvalue weighted by molar-refractivity contribution is 0.102. The highest BCUT2D eigenvalue weighted by atomic mass is 16.2. The van der Waals surface area contributed by atoms with Crippen LogP contribution < -0.4 is 10.6 Å². The molecule has 3 aromatic rings. The van der Waals surface area contributed by atoms with E-state index in [-0.39, 0.29) is 17.5 Å². The lowest BCUT2D eigenvalue weighted by atomic mass is 10.1. The molecule has 2 amide bonds. The van der Waals surface area contributed by atoms with E-state index in [0.29, 0.717) is 23.5 Å². The summed E-state index contributed by atoms with van der Waals surface area (Å²) in [7, 11) is 0. The van der Waals surface area contributed by atoms with E-state index in [1.807, 2.05) is 44.2 Å². The number of hydrogen-bond acceptors (Lipinski definition) is 3. The molecule has 0 aliphatic heterocycles. The average molecular weight is 348 g/mol. The second-order valence-electron chi connectivity index (χ2n) is 5.89. The lowest BCUT2D eigenvalue weighted by Gasteiger charge is -2.07. The number of nitrogens with zero attached hydrogens (tertiary/aromatic N) is 2. The summed E-state index contributed by atoms with van der Waals surface area (Å²) in [5, 5.41) is 9.86. The van der Waals surface area contributed by atoms with E-state index in [9.17, 15) is 9.59 Å². The van der Waals surface area contributed by atoms with Crippen molar-refractivity contribution >= 4 is 23.2 Å². The minimum Gasteiger partial charge on any atom is -0.321 e. The molecule has 0 unspecified atom stereocenters. The molecule has 0 saturated carbocycles. The fourth-order valence-electron chi connectivity index (χ4n) is 2.54. The number of benzene rings is 2. The van der Waals surface area contributed by atoms with Crippen molar-refractivity contribution in [2.45, 2.75) is 20.4 Å². The Morgan fingerprint density at radius 2 is 1.77 bits per heavy atom. The Labute approximate surface area is 151 Å². The van der Waals surface area contributed by atoms with Crippen molar-refractivity contribution in [1.82, 2.24) is 9.78 Å². The first-order chi connectivity index (χ1) is 12.6. The van der Waals surface area contributed by atoms with Crippen LogP contribution in [0.2, 0.25) is 0 Å². The number of para-hydroxylation sites is 1. The number of anilines is 2. The second kappa shape index (κ2) is 7.65. The molecule has 0 aliphatic rings. The van der Waals surface area contributed by atoms with Crippen LogP contribution in [-0.4, -0.2) is 21.6 Å². The smallest absolute Gasteiger partial charge is 0.278 e. The maximum atomic E-state index is 12.6. The van der Waals surface area contributed by atoms with Crippen molar-refractivity contribution in [1.29, 1.82) is 0 Å². The molecule has 3 rings (SSSR count). The Hall–Kier alpha value is -3.41. The fourth-order valence-corrected chi connectivity index (χ4v) is 2.54. The number of nitrogens with one attached hydrogen (secondary N) is 2. The van der Waals surface area contributed by atoms with Crippen LogP contribution in [0.15, 0.2) is 60.8 Å². The van der Waals surface area contributed by atoms with Crippen LogP contribution in [0.1, 0.15) is 33.3 Å². The van der Waals surface area contributed by atoms with Crippen LogP contribution in [0.25, 0.3) is 0 Å². The number of rotatable bonds is 5. The van der Waals surface area contributed by atoms with Gasteiger partial charge in [0, 0.05) is 24.0 Å². The summed E-state index contributed by atoms with van der Waals surface area (Å²) in [5.74, 6) is -0.652. The molecule has 2 aromatic carbocycles. The molecule has 0 saturated heterocycles. The van der Waals surface area contributed by atoms with Gasteiger partial charge < -0.3 is 10.6 Å². The van der Waals surface area contributed by atoms with Gasteiger partial charge in [0.05, 0.1) is 5.69 Å². The van der Waals surface area contributed by atoms with Crippen molar-refractivity contribution in [3.05, 3.63) is 77.6 Å². The van der Waals surface area contributed by atoms with E-state index in [1.165, 1.54) is 0 Å². The van der Waals surface area contributed by atoms with Gasteiger partial charge in [-0.1, -0.05) is 35.9 Å². The minimum absolute atomic E-state index is 0.178. The highest BCUT2D eigenvalue weighted by Gasteiger charge is 2.19. The third-order valence-electron chi connectivity index (χ3n) is 3.86. The maximum absolute atomic E-state index is 12.6. The molecule has 0 bridgehead atoms. The van der Waals surface area contributed by atoms with Gasteiger partial charge in [-0.3, -0.25) is 14.3 Å². The summed E-state index contributed by atoms with van der Waals surface area (Å²) in [6, 6.07) is 16.4. The molecule has 2 N–H and O–H groups in total. The Morgan fingerprint density at radius 3 is 2.46 bits per heavy atom. The predicted octanol–water partition coefficient (Wildman–Crippen LogP) is 3.72. The predicted molar refractivity (Wildman–Crippen MR) is 101 cm³/mol. The monoisotopic (exact) mass is 348 g/mol. The number of aromatic nitrogens is 2. The van der Waals surface area contributed by atoms with Crippen molar-refractivity contribution in [3.8, 4) is 0 Å². The van der Waals surface area contributed by atoms with Crippen molar-refractivity contribution in [2.24, 2.45) is 0 Å². The highest BCUT2D eigenvalue weighted by molar-refractivity contribution is 6.11. The Morgan fingerprint density at radius 1 is 1.00 bits per heavy atom. The largest absolute Gasteiger partial charge is 0.321 e. The Bertz CT molecular complexity index is 932. The maximum Gasteiger partial charge on any atom is 0.278 e. The van der Waals surface area contributed by atoms with Gasteiger partial charge in [-0.2, -0.15) is 5.10 Å². The van der Waals surface area contributed by atoms with Crippen LogP contribution in [0.3, 0.4) is 0 Å². The Kier molecular flexibility index (Phi) is 5.12. The summed E-state index contributed by atoms with van der Waals surface area (Å²) in [4.78, 5) is 25.1. The summed E-state index contributed by atoms with van der Waals surface area (Å²) in [5.41, 5.74) is 2.75. The molecule has 6 nitrogen and oxygen atoms in total. The van der Waals surface area contributed by atoms with E-state index < -0.39 is 0 Å². The number of carbonyl (C=O) groups is 2. The average Bonchev–Trinajstić information content (AvgIpc) is 3.05. The molecule has 26 heavy (non-hydrogen) atoms. The third-order valence-corrected chi connectivity index (χ3v) is 3.86. The topological polar surface area (TPSA) is 76.0 Å². The molecule has 0 spiro atoms. The van der Waals surface area contributed by atoms with Gasteiger partial charge in [-0.15, -0.1) is 0 Å². The summed E-state index contributed by atoms with van der Waals surface area (Å²) in [6.07, 6.45) is 1.66. The quantitative estimate of drug-likeness (QED) is 0.738. The molecule has 0 atom stereocenters. The minimum atomic E-state index is -0.372. The van der Waals surface area contributed by atoms with Gasteiger partial charge in [0.2, 0.25) is 0 Å². The number of carbonyl (C=O) groups excluding carboxylic acids is 2. The van der Waals surface area contributed by atoms with Crippen molar-refractivity contribution in [3.63, 3.8) is 0 Å². The van der Waals surface area contributed by atoms with Gasteiger partial charge in [-0.05, 0) is 38.1 Å². The number of hydrogen-bond donors (Lipinski definition) is 2. The van der Waals surface area contributed by atoms with E-state index in [2.05, 4.69) is 15.7 Å². The zero-order chi connectivity index (χ0) is 18.5. The van der Waals surface area contributed by atoms with Gasteiger partial charge in [0.1, 0.15) is 0 Å². The standard InChI is InChI=1S/C20H20N4O2/c1-3-24-13-17(22-19(25)15-9-7-8-14(2)12-15)18(23-24)20(26)21-16-10-5-4-6-11-16/h4-13H,3H2,1-2H3,(H,21,26)(H,22,25). The molecular formula is C20H20N4O2. The third kappa shape index (κ3) is 3.97. The zero-order valence-electron chi connectivity index (χ0n) is 14.7. The SMILES string of the molecule is CCn1cc(NC(=O)c2cccc(C)c2)c(C(=O)Nc2ccccc2)n1. The van der Waals surface area contributed by atoms with Gasteiger partial charge >= 0.3 is 0 Å². The molecule has 0 aliphatic carbocycles. The van der Waals surface area contributed by atoms with E-state index in [4.69, 9.17) is 0 Å². The second-order valence-corrected chi connectivity index (χ2v) is 5.89. The van der Waals surface area contributed by atoms with Crippen molar-refractivity contribution < 1.29 is 9.59 Å². The molecule has 132 valence electrons. The van der Waals surface area contributed by atoms with E-state index >= 15 is 0 Å². The fraction of sp³-hybridized carbons (Fsp3) is 0.150. The molecule has 0 radical (unpaired) electrons. The normalized spacial score (nSPS) is 10.4. The van der Waals surface area contributed by atoms with Crippen LogP contribution in [-0.2, 0) is 6.54 Å². The highest BCUT2D eigenvalue weighted by Crippen LogP contribution is 2.18. The lowest BCUT2D eigenvalue weighted by Crippen LogP contribution is -2.18. The first kappa shape index (κ1) is 17.4. The molecule has 0 fully saturated rings. The van der Waals surface area contributed by atoms with Gasteiger partial charge in [0.15, 0.2) is 5.69 Å². The van der Waals surface area contributed by atoms with E-state index in [1.54, 1.807) is 35.1 Å². The summed E-state index contributed by atoms with van der Waals surface area (Å²) >= 11 is 0. The zero-order valence-corrected chi connectivity index (χ0v) is 14.7. The van der Waals surface area contributed by atoms with Crippen molar-refractivity contribution in [2.75, 3.05) is 10.6 Å². The molecule has 1 aromatic heterocycles. The number of amides is 2. The first-order valence-corrected chi connectivity index (χ1v) is 8.38. The van der Waals surface area contributed by atoms with Gasteiger partial charge in [0.25, 0.3) is 11.8 Å². The van der Waals surface area contributed by atoms with E-state index in [0.717, 1.165) is 5.56 Å². The molecule has 6 heteroatoms. The Balaban J connectivity index is 1.84. The van der Waals surface area contributed by atoms with Crippen LogP contribution in [0.4, 0.5) is 11.4 Å². The van der Waals surface area contributed by atoms with Crippen LogP contribution in [0, 0.1) is 6.92 Å². The summed E-state index contributed by atoms with van der Waals surface area (Å²) in [6.45, 7) is 4.43. The van der Waals surface area contributed by atoms with Gasteiger partial charge in [-0.25, -0.2) is 0 Å². The van der Waals surface area contributed by atoms with Crippen LogP contribution in [0.5, 0.6) is 0 Å².